The largest absolute Gasteiger partial charge is 0.451 e. The molecule has 0 aliphatic heterocycles. The Morgan fingerprint density at radius 2 is 2.00 bits per heavy atom. The number of hydrogen-bond donors (Lipinski definition) is 1. The van der Waals surface area contributed by atoms with Crippen LogP contribution in [0.5, 0.6) is 0 Å². The Balaban J connectivity index is 1.97. The maximum atomic E-state index is 12.7. The number of alkyl halides is 3. The lowest BCUT2D eigenvalue weighted by Crippen LogP contribution is -2.21. The molecule has 0 saturated carbocycles. The fraction of sp³-hybridized carbons (Fsp3) is 0.143. The number of benzene rings is 1. The van der Waals surface area contributed by atoms with Crippen molar-refractivity contribution in [3.63, 3.8) is 0 Å². The van der Waals surface area contributed by atoms with Crippen LogP contribution in [-0.4, -0.2) is 18.5 Å². The summed E-state index contributed by atoms with van der Waals surface area (Å²) in [6, 6.07) is 6.13. The first kappa shape index (κ1) is 17.3. The molecule has 1 amide bonds. The van der Waals surface area contributed by atoms with E-state index in [0.29, 0.717) is 10.9 Å². The van der Waals surface area contributed by atoms with Crippen LogP contribution in [0.3, 0.4) is 0 Å². The minimum Gasteiger partial charge on any atom is -0.451 e. The lowest BCUT2D eigenvalue weighted by Gasteiger charge is -2.11. The van der Waals surface area contributed by atoms with Crippen molar-refractivity contribution in [2.45, 2.75) is 6.18 Å². The van der Waals surface area contributed by atoms with Gasteiger partial charge >= 0.3 is 12.1 Å². The molecule has 2 aromatic rings. The van der Waals surface area contributed by atoms with Crippen molar-refractivity contribution in [3.05, 3.63) is 51.2 Å². The maximum absolute atomic E-state index is 12.7. The molecule has 1 heterocycles. The van der Waals surface area contributed by atoms with E-state index in [9.17, 15) is 22.8 Å². The first-order valence-electron chi connectivity index (χ1n) is 6.14. The molecule has 0 bridgehead atoms. The number of rotatable bonds is 4. The predicted octanol–water partition coefficient (Wildman–Crippen LogP) is 4.22. The number of esters is 1. The predicted molar refractivity (Wildman–Crippen MR) is 79.7 cm³/mol. The molecule has 1 aromatic heterocycles. The number of carbonyl (C=O) groups excluding carboxylic acids is 2. The van der Waals surface area contributed by atoms with Gasteiger partial charge in [0.15, 0.2) is 6.61 Å². The lowest BCUT2D eigenvalue weighted by molar-refractivity contribution is -0.137. The summed E-state index contributed by atoms with van der Waals surface area (Å²) in [5, 5.41) is 3.41. The molecule has 0 aliphatic rings. The average Bonchev–Trinajstić information content (AvgIpc) is 3.00. The van der Waals surface area contributed by atoms with E-state index in [2.05, 4.69) is 5.32 Å². The molecule has 122 valence electrons. The van der Waals surface area contributed by atoms with Crippen molar-refractivity contribution in [3.8, 4) is 0 Å². The zero-order valence-electron chi connectivity index (χ0n) is 11.3. The van der Waals surface area contributed by atoms with Crippen LogP contribution in [0.1, 0.15) is 15.2 Å². The van der Waals surface area contributed by atoms with Gasteiger partial charge in [-0.05, 0) is 29.6 Å². The van der Waals surface area contributed by atoms with Crippen LogP contribution in [0, 0.1) is 0 Å². The van der Waals surface area contributed by atoms with Gasteiger partial charge in [0.1, 0.15) is 4.88 Å². The average molecular weight is 364 g/mol. The third-order valence-corrected chi connectivity index (χ3v) is 3.79. The Bertz CT molecular complexity index is 717. The fourth-order valence-electron chi connectivity index (χ4n) is 1.61. The normalized spacial score (nSPS) is 11.1. The van der Waals surface area contributed by atoms with Gasteiger partial charge in [0.2, 0.25) is 0 Å². The Morgan fingerprint density at radius 3 is 2.61 bits per heavy atom. The summed E-state index contributed by atoms with van der Waals surface area (Å²) in [4.78, 5) is 23.5. The quantitative estimate of drug-likeness (QED) is 0.828. The fourth-order valence-corrected chi connectivity index (χ4v) is 2.45. The molecule has 0 spiro atoms. The zero-order chi connectivity index (χ0) is 17.0. The van der Waals surface area contributed by atoms with Gasteiger partial charge in [0, 0.05) is 5.69 Å². The maximum Gasteiger partial charge on any atom is 0.417 e. The number of nitrogens with one attached hydrogen (secondary N) is 1. The van der Waals surface area contributed by atoms with Gasteiger partial charge in [-0.25, -0.2) is 4.79 Å². The molecule has 0 unspecified atom stereocenters. The van der Waals surface area contributed by atoms with E-state index in [0.717, 1.165) is 17.4 Å². The first-order chi connectivity index (χ1) is 10.8. The molecule has 9 heteroatoms. The summed E-state index contributed by atoms with van der Waals surface area (Å²) in [7, 11) is 0. The van der Waals surface area contributed by atoms with E-state index >= 15 is 0 Å². The van der Waals surface area contributed by atoms with Gasteiger partial charge in [-0.3, -0.25) is 4.79 Å². The van der Waals surface area contributed by atoms with Crippen LogP contribution in [0.15, 0.2) is 35.7 Å². The van der Waals surface area contributed by atoms with Crippen LogP contribution >= 0.6 is 22.9 Å². The summed E-state index contributed by atoms with van der Waals surface area (Å²) in [6.07, 6.45) is -4.64. The number of anilines is 1. The van der Waals surface area contributed by atoms with Gasteiger partial charge in [-0.15, -0.1) is 11.3 Å². The van der Waals surface area contributed by atoms with Crippen molar-refractivity contribution < 1.29 is 27.5 Å². The third-order valence-electron chi connectivity index (χ3n) is 2.61. The second-order valence-corrected chi connectivity index (χ2v) is 5.65. The summed E-state index contributed by atoms with van der Waals surface area (Å²) in [5.41, 5.74) is -1.16. The number of carbonyl (C=O) groups is 2. The molecule has 0 saturated heterocycles. The van der Waals surface area contributed by atoms with E-state index in [1.807, 2.05) is 0 Å². The molecular weight excluding hydrogens is 355 g/mol. The molecule has 0 radical (unpaired) electrons. The van der Waals surface area contributed by atoms with Crippen LogP contribution < -0.4 is 5.32 Å². The number of amides is 1. The van der Waals surface area contributed by atoms with Crippen molar-refractivity contribution in [1.29, 1.82) is 0 Å². The van der Waals surface area contributed by atoms with Crippen LogP contribution in [0.4, 0.5) is 18.9 Å². The first-order valence-corrected chi connectivity index (χ1v) is 7.40. The number of halogens is 4. The Labute approximate surface area is 137 Å². The summed E-state index contributed by atoms with van der Waals surface area (Å²) >= 11 is 6.62. The minimum atomic E-state index is -4.64. The molecular formula is C14H9ClF3NO3S. The standard InChI is InChI=1S/C14H9ClF3NO3S/c15-10-4-3-8(6-9(10)14(16,17)18)19-12(20)7-22-13(21)11-2-1-5-23-11/h1-6H,7H2,(H,19,20). The van der Waals surface area contributed by atoms with Gasteiger partial charge in [-0.1, -0.05) is 17.7 Å². The molecule has 0 atom stereocenters. The SMILES string of the molecule is O=C(COC(=O)c1cccs1)Nc1ccc(Cl)c(C(F)(F)F)c1. The van der Waals surface area contributed by atoms with Crippen LogP contribution in [-0.2, 0) is 15.7 Å². The van der Waals surface area contributed by atoms with E-state index in [-0.39, 0.29) is 5.69 Å². The molecule has 23 heavy (non-hydrogen) atoms. The highest BCUT2D eigenvalue weighted by Crippen LogP contribution is 2.36. The minimum absolute atomic E-state index is 0.0982. The Morgan fingerprint density at radius 1 is 1.26 bits per heavy atom. The van der Waals surface area contributed by atoms with Gasteiger partial charge in [0.05, 0.1) is 10.6 Å². The third kappa shape index (κ3) is 4.70. The van der Waals surface area contributed by atoms with Gasteiger partial charge < -0.3 is 10.1 Å². The topological polar surface area (TPSA) is 55.4 Å². The van der Waals surface area contributed by atoms with Crippen LogP contribution in [0.2, 0.25) is 5.02 Å². The molecule has 0 fully saturated rings. The van der Waals surface area contributed by atoms with Gasteiger partial charge in [0.25, 0.3) is 5.91 Å². The molecule has 1 N–H and O–H groups in total. The number of thiophene rings is 1. The molecule has 2 rings (SSSR count). The second-order valence-electron chi connectivity index (χ2n) is 4.29. The number of hydrogen-bond acceptors (Lipinski definition) is 4. The highest BCUT2D eigenvalue weighted by atomic mass is 35.5. The van der Waals surface area contributed by atoms with E-state index < -0.39 is 35.2 Å². The van der Waals surface area contributed by atoms with E-state index in [1.165, 1.54) is 12.1 Å². The van der Waals surface area contributed by atoms with E-state index in [4.69, 9.17) is 16.3 Å². The highest BCUT2D eigenvalue weighted by Gasteiger charge is 2.33. The molecule has 4 nitrogen and oxygen atoms in total. The summed E-state index contributed by atoms with van der Waals surface area (Å²) < 4.78 is 42.9. The van der Waals surface area contributed by atoms with Gasteiger partial charge in [-0.2, -0.15) is 13.2 Å². The molecule has 0 aliphatic carbocycles. The monoisotopic (exact) mass is 363 g/mol. The van der Waals surface area contributed by atoms with Crippen molar-refractivity contribution >= 4 is 40.5 Å². The highest BCUT2D eigenvalue weighted by molar-refractivity contribution is 7.11. The van der Waals surface area contributed by atoms with Crippen molar-refractivity contribution in [2.24, 2.45) is 0 Å². The lowest BCUT2D eigenvalue weighted by atomic mass is 10.2. The zero-order valence-corrected chi connectivity index (χ0v) is 12.9. The van der Waals surface area contributed by atoms with Crippen molar-refractivity contribution in [1.82, 2.24) is 0 Å². The van der Waals surface area contributed by atoms with Crippen molar-refractivity contribution in [2.75, 3.05) is 11.9 Å². The Hall–Kier alpha value is -2.06. The van der Waals surface area contributed by atoms with E-state index in [1.54, 1.807) is 11.4 Å². The number of ether oxygens (including phenoxy) is 1. The summed E-state index contributed by atoms with van der Waals surface area (Å²) in [5.74, 6) is -1.44. The van der Waals surface area contributed by atoms with Crippen LogP contribution in [0.25, 0.3) is 0 Å². The second kappa shape index (κ2) is 7.01. The molecule has 1 aromatic carbocycles. The summed E-state index contributed by atoms with van der Waals surface area (Å²) in [6.45, 7) is -0.610. The Kier molecular flexibility index (Phi) is 5.27. The smallest absolute Gasteiger partial charge is 0.417 e.